The van der Waals surface area contributed by atoms with Crippen molar-refractivity contribution in [2.45, 2.75) is 90.1 Å². The van der Waals surface area contributed by atoms with Gasteiger partial charge < -0.3 is 29.9 Å². The van der Waals surface area contributed by atoms with Crippen molar-refractivity contribution < 1.29 is 23.9 Å². The molecule has 4 aromatic rings. The number of benzene rings is 2. The third kappa shape index (κ3) is 7.24. The van der Waals surface area contributed by atoms with Crippen molar-refractivity contribution in [2.24, 2.45) is 0 Å². The van der Waals surface area contributed by atoms with E-state index in [0.29, 0.717) is 37.1 Å². The second-order valence-electron chi connectivity index (χ2n) is 14.3. The van der Waals surface area contributed by atoms with E-state index in [1.54, 1.807) is 16.5 Å². The molecule has 0 saturated carbocycles. The Hall–Kier alpha value is -5.13. The van der Waals surface area contributed by atoms with Crippen LogP contribution in [0.2, 0.25) is 0 Å². The molecule has 2 aliphatic rings. The van der Waals surface area contributed by atoms with E-state index in [2.05, 4.69) is 15.5 Å². The van der Waals surface area contributed by atoms with Crippen LogP contribution < -0.4 is 15.5 Å². The number of carbonyl (C=O) groups excluding carboxylic acids is 3. The molecule has 3 amide bonds. The molecule has 1 unspecified atom stereocenters. The Balaban J connectivity index is 1.21. The molecule has 1 saturated heterocycles. The highest BCUT2D eigenvalue weighted by Gasteiger charge is 2.49. The second kappa shape index (κ2) is 14.0. The molecule has 2 aromatic carbocycles. The summed E-state index contributed by atoms with van der Waals surface area (Å²) in [6, 6.07) is 18.7. The fourth-order valence-electron chi connectivity index (χ4n) is 7.12. The lowest BCUT2D eigenvalue weighted by molar-refractivity contribution is -0.140. The Morgan fingerprint density at radius 1 is 1.08 bits per heavy atom. The minimum Gasteiger partial charge on any atom is -0.445 e. The SMILES string of the molecule is CC[C@@H](c1cc2nc(N3CC[C@H](NC(=O)OC(C)(C)C)C3)c(C)cn2n1)N(C)C(=O)C1(NC(=O)OCc2ccccc2)CCc2ccccc21. The maximum Gasteiger partial charge on any atom is 0.408 e. The number of likely N-dealkylation sites (N-methyl/N-ethyl adjacent to an activating group) is 1. The van der Waals surface area contributed by atoms with Crippen LogP contribution in [0.15, 0.2) is 66.9 Å². The minimum absolute atomic E-state index is 0.0517. The first kappa shape index (κ1) is 34.7. The zero-order valence-corrected chi connectivity index (χ0v) is 29.7. The van der Waals surface area contributed by atoms with Gasteiger partial charge in [-0.25, -0.2) is 19.1 Å². The molecule has 50 heavy (non-hydrogen) atoms. The smallest absolute Gasteiger partial charge is 0.408 e. The van der Waals surface area contributed by atoms with E-state index in [-0.39, 0.29) is 24.6 Å². The van der Waals surface area contributed by atoms with E-state index in [1.165, 1.54) is 0 Å². The van der Waals surface area contributed by atoms with Crippen LogP contribution in [0.3, 0.4) is 0 Å². The van der Waals surface area contributed by atoms with Gasteiger partial charge in [0.25, 0.3) is 5.91 Å². The van der Waals surface area contributed by atoms with E-state index < -0.39 is 23.3 Å². The predicted octanol–water partition coefficient (Wildman–Crippen LogP) is 5.82. The predicted molar refractivity (Wildman–Crippen MR) is 190 cm³/mol. The van der Waals surface area contributed by atoms with Gasteiger partial charge in [0, 0.05) is 38.0 Å². The molecule has 2 N–H and O–H groups in total. The lowest BCUT2D eigenvalue weighted by Crippen LogP contribution is -2.56. The number of ether oxygens (including phenoxy) is 2. The molecule has 0 bridgehead atoms. The molecule has 2 aromatic heterocycles. The Morgan fingerprint density at radius 2 is 1.82 bits per heavy atom. The average Bonchev–Trinajstić information content (AvgIpc) is 3.80. The van der Waals surface area contributed by atoms with Crippen molar-refractivity contribution in [3.63, 3.8) is 0 Å². The molecule has 1 aliphatic carbocycles. The average molecular weight is 682 g/mol. The number of anilines is 1. The molecule has 3 atom stereocenters. The fraction of sp³-hybridized carbons (Fsp3) is 0.447. The van der Waals surface area contributed by atoms with Gasteiger partial charge in [0.05, 0.1) is 17.8 Å². The molecule has 12 nitrogen and oxygen atoms in total. The lowest BCUT2D eigenvalue weighted by Gasteiger charge is -2.37. The Bertz CT molecular complexity index is 1870. The van der Waals surface area contributed by atoms with Gasteiger partial charge in [-0.2, -0.15) is 5.10 Å². The van der Waals surface area contributed by atoms with E-state index in [4.69, 9.17) is 19.6 Å². The normalized spacial score (nSPS) is 19.2. The van der Waals surface area contributed by atoms with E-state index >= 15 is 0 Å². The highest BCUT2D eigenvalue weighted by Crippen LogP contribution is 2.40. The number of nitrogens with zero attached hydrogens (tertiary/aromatic N) is 5. The second-order valence-corrected chi connectivity index (χ2v) is 14.3. The topological polar surface area (TPSA) is 130 Å². The van der Waals surface area contributed by atoms with Crippen molar-refractivity contribution >= 4 is 29.6 Å². The van der Waals surface area contributed by atoms with Crippen LogP contribution in [0.1, 0.15) is 80.9 Å². The Morgan fingerprint density at radius 3 is 2.56 bits per heavy atom. The van der Waals surface area contributed by atoms with Crippen molar-refractivity contribution in [1.82, 2.24) is 30.1 Å². The summed E-state index contributed by atoms with van der Waals surface area (Å²) in [7, 11) is 1.77. The maximum atomic E-state index is 14.7. The van der Waals surface area contributed by atoms with Crippen molar-refractivity contribution in [2.75, 3.05) is 25.0 Å². The van der Waals surface area contributed by atoms with Gasteiger partial charge in [-0.05, 0) is 70.1 Å². The number of amides is 3. The van der Waals surface area contributed by atoms with Crippen LogP contribution in [0.25, 0.3) is 5.65 Å². The lowest BCUT2D eigenvalue weighted by atomic mass is 9.89. The summed E-state index contributed by atoms with van der Waals surface area (Å²) in [6.07, 6.45) is 3.32. The summed E-state index contributed by atoms with van der Waals surface area (Å²) >= 11 is 0. The molecular formula is C38H47N7O5. The Kier molecular flexibility index (Phi) is 9.73. The van der Waals surface area contributed by atoms with Crippen LogP contribution in [0.4, 0.5) is 15.4 Å². The molecule has 3 heterocycles. The highest BCUT2D eigenvalue weighted by atomic mass is 16.6. The first-order valence-electron chi connectivity index (χ1n) is 17.3. The van der Waals surface area contributed by atoms with Gasteiger partial charge in [0.1, 0.15) is 23.6 Å². The molecule has 1 fully saturated rings. The molecule has 264 valence electrons. The van der Waals surface area contributed by atoms with Crippen LogP contribution in [-0.2, 0) is 32.8 Å². The maximum absolute atomic E-state index is 14.7. The molecule has 1 aliphatic heterocycles. The zero-order valence-electron chi connectivity index (χ0n) is 29.7. The largest absolute Gasteiger partial charge is 0.445 e. The van der Waals surface area contributed by atoms with Crippen LogP contribution >= 0.6 is 0 Å². The number of aryl methyl sites for hydroxylation is 2. The fourth-order valence-corrected chi connectivity index (χ4v) is 7.12. The molecule has 12 heteroatoms. The number of rotatable bonds is 9. The summed E-state index contributed by atoms with van der Waals surface area (Å²) in [5, 5.41) is 10.9. The monoisotopic (exact) mass is 681 g/mol. The summed E-state index contributed by atoms with van der Waals surface area (Å²) in [6.45, 7) is 11.0. The first-order valence-corrected chi connectivity index (χ1v) is 17.3. The molecule has 6 rings (SSSR count). The van der Waals surface area contributed by atoms with Gasteiger partial charge >= 0.3 is 12.2 Å². The number of alkyl carbamates (subject to hydrolysis) is 2. The molecule has 0 spiro atoms. The number of hydrogen-bond acceptors (Lipinski definition) is 8. The quantitative estimate of drug-likeness (QED) is 0.226. The molecular weight excluding hydrogens is 634 g/mol. The van der Waals surface area contributed by atoms with Gasteiger partial charge in [-0.1, -0.05) is 61.5 Å². The summed E-state index contributed by atoms with van der Waals surface area (Å²) < 4.78 is 12.8. The third-order valence-electron chi connectivity index (χ3n) is 9.49. The first-order chi connectivity index (χ1) is 23.9. The zero-order chi connectivity index (χ0) is 35.6. The van der Waals surface area contributed by atoms with Gasteiger partial charge in [0.15, 0.2) is 5.65 Å². The number of fused-ring (bicyclic) bond motifs is 2. The standard InChI is InChI=1S/C38H47N7O5/c1-7-31(30-21-32-40-33(25(2)22-45(32)42-30)44-20-18-28(23-44)39-35(47)50-37(3,4)5)43(6)34(46)38(19-17-27-15-11-12-16-29(27)38)41-36(48)49-24-26-13-9-8-10-14-26/h8-16,21-22,28,31H,7,17-20,23-24H2,1-6H3,(H,39,47)(H,41,48)/t28-,31-,38?/m0/s1. The highest BCUT2D eigenvalue weighted by molar-refractivity contribution is 5.92. The minimum atomic E-state index is -1.28. The molecule has 0 radical (unpaired) electrons. The van der Waals surface area contributed by atoms with E-state index in [1.807, 2.05) is 101 Å². The van der Waals surface area contributed by atoms with Gasteiger partial charge in [0.2, 0.25) is 0 Å². The van der Waals surface area contributed by atoms with E-state index in [9.17, 15) is 14.4 Å². The summed E-state index contributed by atoms with van der Waals surface area (Å²) in [5.74, 6) is 0.600. The van der Waals surface area contributed by atoms with Crippen molar-refractivity contribution in [1.29, 1.82) is 0 Å². The summed E-state index contributed by atoms with van der Waals surface area (Å²) in [5.41, 5.74) is 3.13. The van der Waals surface area contributed by atoms with Crippen LogP contribution in [0.5, 0.6) is 0 Å². The van der Waals surface area contributed by atoms with Crippen molar-refractivity contribution in [3.05, 3.63) is 94.8 Å². The third-order valence-corrected chi connectivity index (χ3v) is 9.49. The summed E-state index contributed by atoms with van der Waals surface area (Å²) in [4.78, 5) is 49.1. The number of aromatic nitrogens is 3. The van der Waals surface area contributed by atoms with Crippen LogP contribution in [-0.4, -0.2) is 69.4 Å². The van der Waals surface area contributed by atoms with Crippen LogP contribution in [0, 0.1) is 6.92 Å². The van der Waals surface area contributed by atoms with Gasteiger partial charge in [-0.15, -0.1) is 0 Å². The number of nitrogens with one attached hydrogen (secondary N) is 2. The van der Waals surface area contributed by atoms with Crippen molar-refractivity contribution in [3.8, 4) is 0 Å². The number of hydrogen-bond donors (Lipinski definition) is 2. The Labute approximate surface area is 293 Å². The van der Waals surface area contributed by atoms with Gasteiger partial charge in [-0.3, -0.25) is 4.79 Å². The number of carbonyl (C=O) groups is 3. The van der Waals surface area contributed by atoms with E-state index in [0.717, 1.165) is 41.0 Å².